The van der Waals surface area contributed by atoms with Gasteiger partial charge in [0.25, 0.3) is 0 Å². The van der Waals surface area contributed by atoms with E-state index in [0.29, 0.717) is 18.1 Å². The highest BCUT2D eigenvalue weighted by Gasteiger charge is 2.28. The van der Waals surface area contributed by atoms with Crippen molar-refractivity contribution >= 4 is 28.4 Å². The van der Waals surface area contributed by atoms with E-state index in [1.807, 2.05) is 62.5 Å². The van der Waals surface area contributed by atoms with E-state index in [9.17, 15) is 4.79 Å². The number of nitrogens with one attached hydrogen (secondary N) is 2. The van der Waals surface area contributed by atoms with Crippen LogP contribution < -0.4 is 15.4 Å². The number of rotatable bonds is 5. The molecule has 0 fully saturated rings. The Morgan fingerprint density at radius 3 is 2.68 bits per heavy atom. The fourth-order valence-corrected chi connectivity index (χ4v) is 5.06. The van der Waals surface area contributed by atoms with Crippen molar-refractivity contribution in [3.8, 4) is 34.0 Å². The summed E-state index contributed by atoms with van der Waals surface area (Å²) in [4.78, 5) is 25.5. The summed E-state index contributed by atoms with van der Waals surface area (Å²) in [6.07, 6.45) is 2.85. The van der Waals surface area contributed by atoms with Gasteiger partial charge in [-0.3, -0.25) is 4.79 Å². The Bertz CT molecular complexity index is 1740. The highest BCUT2D eigenvalue weighted by Crippen LogP contribution is 2.47. The SMILES string of the molecule is C=CC(=O)Nc1ccc(-c2c3c4c(ncnc4n2C)NCc2c-3ccc(Oc3cccc(C)n3)c2C)cc1. The maximum Gasteiger partial charge on any atom is 0.247 e. The molecule has 8 heteroatoms. The zero-order valence-corrected chi connectivity index (χ0v) is 21.4. The van der Waals surface area contributed by atoms with Crippen LogP contribution in [0.4, 0.5) is 11.5 Å². The van der Waals surface area contributed by atoms with E-state index in [-0.39, 0.29) is 5.91 Å². The number of pyridine rings is 1. The number of hydrogen-bond donors (Lipinski definition) is 2. The zero-order chi connectivity index (χ0) is 26.4. The maximum absolute atomic E-state index is 11.8. The number of ether oxygens (including phenoxy) is 1. The van der Waals surface area contributed by atoms with Crippen LogP contribution in [0.25, 0.3) is 33.4 Å². The Kier molecular flexibility index (Phi) is 5.64. The number of benzene rings is 2. The highest BCUT2D eigenvalue weighted by atomic mass is 16.5. The monoisotopic (exact) mass is 502 g/mol. The van der Waals surface area contributed by atoms with E-state index in [4.69, 9.17) is 4.74 Å². The smallest absolute Gasteiger partial charge is 0.247 e. The van der Waals surface area contributed by atoms with Crippen LogP contribution in [-0.4, -0.2) is 25.4 Å². The van der Waals surface area contributed by atoms with Crippen molar-refractivity contribution in [2.45, 2.75) is 20.4 Å². The Balaban J connectivity index is 1.52. The zero-order valence-electron chi connectivity index (χ0n) is 21.4. The van der Waals surface area contributed by atoms with Crippen LogP contribution in [0.15, 0.2) is 73.6 Å². The molecule has 0 bridgehead atoms. The largest absolute Gasteiger partial charge is 0.439 e. The molecule has 1 aliphatic rings. The number of aromatic nitrogens is 4. The molecule has 8 nitrogen and oxygen atoms in total. The Morgan fingerprint density at radius 1 is 1.11 bits per heavy atom. The number of fused-ring (bicyclic) bond motifs is 2. The average molecular weight is 503 g/mol. The van der Waals surface area contributed by atoms with Crippen LogP contribution in [0.5, 0.6) is 11.6 Å². The third-order valence-corrected chi connectivity index (χ3v) is 6.91. The first-order valence-corrected chi connectivity index (χ1v) is 12.3. The molecule has 3 aromatic heterocycles. The molecule has 0 spiro atoms. The van der Waals surface area contributed by atoms with Crippen LogP contribution in [0.2, 0.25) is 0 Å². The number of amides is 1. The van der Waals surface area contributed by atoms with Gasteiger partial charge in [0.2, 0.25) is 11.8 Å². The molecule has 2 N–H and O–H groups in total. The van der Waals surface area contributed by atoms with Gasteiger partial charge in [0, 0.05) is 36.6 Å². The predicted molar refractivity (Wildman–Crippen MR) is 149 cm³/mol. The summed E-state index contributed by atoms with van der Waals surface area (Å²) in [7, 11) is 2.01. The molecule has 6 rings (SSSR count). The van der Waals surface area contributed by atoms with Crippen LogP contribution in [0, 0.1) is 13.8 Å². The van der Waals surface area contributed by atoms with Gasteiger partial charge in [0.1, 0.15) is 23.5 Å². The van der Waals surface area contributed by atoms with E-state index in [0.717, 1.165) is 61.8 Å². The van der Waals surface area contributed by atoms with Gasteiger partial charge >= 0.3 is 0 Å². The molecular formula is C30H26N6O2. The van der Waals surface area contributed by atoms with Gasteiger partial charge < -0.3 is 19.9 Å². The molecule has 188 valence electrons. The molecule has 38 heavy (non-hydrogen) atoms. The third-order valence-electron chi connectivity index (χ3n) is 6.91. The van der Waals surface area contributed by atoms with Gasteiger partial charge in [-0.05, 0) is 66.4 Å². The molecule has 0 atom stereocenters. The molecule has 0 saturated heterocycles. The summed E-state index contributed by atoms with van der Waals surface area (Å²) in [5.41, 5.74) is 8.76. The van der Waals surface area contributed by atoms with Crippen molar-refractivity contribution in [1.82, 2.24) is 19.5 Å². The van der Waals surface area contributed by atoms with Crippen molar-refractivity contribution in [2.75, 3.05) is 10.6 Å². The molecule has 0 aliphatic carbocycles. The van der Waals surface area contributed by atoms with E-state index in [2.05, 4.69) is 49.7 Å². The van der Waals surface area contributed by atoms with Crippen molar-refractivity contribution in [3.63, 3.8) is 0 Å². The van der Waals surface area contributed by atoms with Gasteiger partial charge in [-0.15, -0.1) is 0 Å². The van der Waals surface area contributed by atoms with Gasteiger partial charge in [-0.2, -0.15) is 0 Å². The first kappa shape index (κ1) is 23.4. The lowest BCUT2D eigenvalue weighted by Crippen LogP contribution is -2.07. The first-order chi connectivity index (χ1) is 18.4. The van der Waals surface area contributed by atoms with Crippen molar-refractivity contribution in [3.05, 3.63) is 90.4 Å². The summed E-state index contributed by atoms with van der Waals surface area (Å²) in [6, 6.07) is 17.6. The van der Waals surface area contributed by atoms with Gasteiger partial charge in [-0.25, -0.2) is 15.0 Å². The minimum Gasteiger partial charge on any atom is -0.439 e. The van der Waals surface area contributed by atoms with E-state index < -0.39 is 0 Å². The lowest BCUT2D eigenvalue weighted by atomic mass is 9.92. The van der Waals surface area contributed by atoms with Gasteiger partial charge in [0.05, 0.1) is 11.1 Å². The second-order valence-electron chi connectivity index (χ2n) is 9.26. The second-order valence-corrected chi connectivity index (χ2v) is 9.26. The topological polar surface area (TPSA) is 94.0 Å². The van der Waals surface area contributed by atoms with E-state index in [1.165, 1.54) is 6.08 Å². The fourth-order valence-electron chi connectivity index (χ4n) is 5.06. The number of carbonyl (C=O) groups excluding carboxylic acids is 1. The van der Waals surface area contributed by atoms with Crippen LogP contribution in [0.3, 0.4) is 0 Å². The molecule has 0 unspecified atom stereocenters. The molecule has 0 radical (unpaired) electrons. The highest BCUT2D eigenvalue weighted by molar-refractivity contribution is 6.10. The van der Waals surface area contributed by atoms with Crippen LogP contribution >= 0.6 is 0 Å². The number of hydrogen-bond acceptors (Lipinski definition) is 6. The fraction of sp³-hybridized carbons (Fsp3) is 0.133. The molecule has 1 aliphatic heterocycles. The molecule has 4 heterocycles. The number of anilines is 2. The maximum atomic E-state index is 11.8. The molecular weight excluding hydrogens is 476 g/mol. The quantitative estimate of drug-likeness (QED) is 0.280. The van der Waals surface area contributed by atoms with Gasteiger partial charge in [-0.1, -0.05) is 30.8 Å². The minimum atomic E-state index is -0.247. The summed E-state index contributed by atoms with van der Waals surface area (Å²) in [5, 5.41) is 7.30. The first-order valence-electron chi connectivity index (χ1n) is 12.3. The summed E-state index contributed by atoms with van der Waals surface area (Å²) in [6.45, 7) is 8.13. The van der Waals surface area contributed by atoms with Crippen LogP contribution in [-0.2, 0) is 18.4 Å². The lowest BCUT2D eigenvalue weighted by Gasteiger charge is -2.17. The minimum absolute atomic E-state index is 0.247. The number of aryl methyl sites for hydroxylation is 2. The Hall–Kier alpha value is -4.98. The standard InChI is InChI=1S/C30H26N6O2/c1-5-24(37)35-20-11-9-19(10-12-20)28-26-21-13-14-23(38-25-8-6-7-17(2)34-25)18(3)22(21)15-31-29-27(26)30(36(28)4)33-16-32-29/h5-14,16H,1,15H2,2-4H3,(H,35,37)(H,31,32,33). The van der Waals surface area contributed by atoms with Crippen molar-refractivity contribution < 1.29 is 9.53 Å². The number of carbonyl (C=O) groups is 1. The lowest BCUT2D eigenvalue weighted by molar-refractivity contribution is -0.111. The molecule has 0 saturated carbocycles. The molecule has 2 aromatic carbocycles. The summed E-state index contributed by atoms with van der Waals surface area (Å²) < 4.78 is 8.31. The van der Waals surface area contributed by atoms with Crippen LogP contribution in [0.1, 0.15) is 16.8 Å². The Labute approximate surface area is 220 Å². The Morgan fingerprint density at radius 2 is 1.92 bits per heavy atom. The van der Waals surface area contributed by atoms with Crippen molar-refractivity contribution in [1.29, 1.82) is 0 Å². The molecule has 5 aromatic rings. The number of nitrogens with zero attached hydrogens (tertiary/aromatic N) is 4. The molecule has 1 amide bonds. The second kappa shape index (κ2) is 9.15. The summed E-state index contributed by atoms with van der Waals surface area (Å²) in [5.74, 6) is 1.87. The average Bonchev–Trinajstić information content (AvgIpc) is 3.11. The summed E-state index contributed by atoms with van der Waals surface area (Å²) >= 11 is 0. The van der Waals surface area contributed by atoms with Gasteiger partial charge in [0.15, 0.2) is 0 Å². The van der Waals surface area contributed by atoms with E-state index >= 15 is 0 Å². The normalized spacial score (nSPS) is 11.9. The third kappa shape index (κ3) is 3.87. The van der Waals surface area contributed by atoms with E-state index in [1.54, 1.807) is 6.33 Å². The van der Waals surface area contributed by atoms with Crippen molar-refractivity contribution in [2.24, 2.45) is 7.05 Å². The predicted octanol–water partition coefficient (Wildman–Crippen LogP) is 6.16.